The summed E-state index contributed by atoms with van der Waals surface area (Å²) in [6, 6.07) is 7.13. The lowest BCUT2D eigenvalue weighted by Crippen LogP contribution is -2.61. The second kappa shape index (κ2) is 3.43. The molecule has 3 aliphatic rings. The number of hydrogen-bond donors (Lipinski definition) is 2. The molecule has 1 spiro atoms. The van der Waals surface area contributed by atoms with Crippen LogP contribution in [0.25, 0.3) is 5.70 Å². The number of benzene rings is 1. The molecular weight excluding hydrogens is 248 g/mol. The molecule has 19 heavy (non-hydrogen) atoms. The van der Waals surface area contributed by atoms with Crippen LogP contribution in [-0.4, -0.2) is 30.8 Å². The van der Waals surface area contributed by atoms with Gasteiger partial charge >= 0.3 is 11.8 Å². The summed E-state index contributed by atoms with van der Waals surface area (Å²) in [4.78, 5) is 24.4. The summed E-state index contributed by atoms with van der Waals surface area (Å²) in [5.41, 5.74) is 2.10. The molecule has 0 radical (unpaired) electrons. The fourth-order valence-electron chi connectivity index (χ4n) is 2.56. The zero-order valence-electron chi connectivity index (χ0n) is 9.86. The van der Waals surface area contributed by atoms with E-state index in [1.807, 2.05) is 6.07 Å². The number of allylic oxidation sites excluding steroid dienone is 1. The van der Waals surface area contributed by atoms with Crippen LogP contribution in [0.1, 0.15) is 15.9 Å². The molecule has 0 saturated carbocycles. The molecule has 6 heteroatoms. The Morgan fingerprint density at radius 1 is 1.00 bits per heavy atom. The van der Waals surface area contributed by atoms with Crippen molar-refractivity contribution >= 4 is 17.4 Å². The number of carbonyl (C=O) groups is 2. The summed E-state index contributed by atoms with van der Waals surface area (Å²) in [5.74, 6) is -2.16. The van der Waals surface area contributed by atoms with Gasteiger partial charge in [-0.2, -0.15) is 0 Å². The average Bonchev–Trinajstić information content (AvgIpc) is 2.99. The molecule has 96 valence electrons. The van der Waals surface area contributed by atoms with E-state index in [4.69, 9.17) is 9.47 Å². The molecule has 1 fully saturated rings. The third-order valence-electron chi connectivity index (χ3n) is 3.44. The molecule has 0 unspecified atom stereocenters. The van der Waals surface area contributed by atoms with Crippen molar-refractivity contribution in [3.63, 3.8) is 0 Å². The molecule has 2 heterocycles. The first kappa shape index (κ1) is 10.7. The van der Waals surface area contributed by atoms with E-state index in [9.17, 15) is 9.59 Å². The highest BCUT2D eigenvalue weighted by molar-refractivity contribution is 6.22. The Hall–Kier alpha value is -2.18. The molecule has 1 amide bonds. The van der Waals surface area contributed by atoms with Gasteiger partial charge in [-0.25, -0.2) is 0 Å². The van der Waals surface area contributed by atoms with Crippen LogP contribution in [-0.2, 0) is 14.3 Å². The van der Waals surface area contributed by atoms with Crippen molar-refractivity contribution in [2.24, 2.45) is 0 Å². The molecule has 1 aromatic rings. The van der Waals surface area contributed by atoms with Crippen molar-refractivity contribution < 1.29 is 19.1 Å². The third-order valence-corrected chi connectivity index (χ3v) is 3.44. The van der Waals surface area contributed by atoms with Gasteiger partial charge in [0.05, 0.1) is 18.9 Å². The highest BCUT2D eigenvalue weighted by Crippen LogP contribution is 2.35. The lowest BCUT2D eigenvalue weighted by molar-refractivity contribution is -0.191. The largest absolute Gasteiger partial charge is 0.334 e. The summed E-state index contributed by atoms with van der Waals surface area (Å²) in [7, 11) is 0. The van der Waals surface area contributed by atoms with Crippen LogP contribution in [0.3, 0.4) is 0 Å². The summed E-state index contributed by atoms with van der Waals surface area (Å²) in [5, 5.41) is 5.52. The van der Waals surface area contributed by atoms with Crippen molar-refractivity contribution in [1.29, 1.82) is 0 Å². The Morgan fingerprint density at radius 2 is 1.68 bits per heavy atom. The van der Waals surface area contributed by atoms with Crippen LogP contribution < -0.4 is 10.6 Å². The number of carbonyl (C=O) groups excluding carboxylic acids is 2. The van der Waals surface area contributed by atoms with E-state index in [1.54, 1.807) is 18.2 Å². The van der Waals surface area contributed by atoms with E-state index >= 15 is 0 Å². The molecule has 2 N–H and O–H groups in total. The zero-order valence-corrected chi connectivity index (χ0v) is 9.86. The van der Waals surface area contributed by atoms with Crippen LogP contribution in [0, 0.1) is 0 Å². The van der Waals surface area contributed by atoms with E-state index in [0.29, 0.717) is 30.2 Å². The number of hydrogen-bond acceptors (Lipinski definition) is 5. The van der Waals surface area contributed by atoms with Crippen LogP contribution >= 0.6 is 0 Å². The molecule has 0 bridgehead atoms. The normalized spacial score (nSPS) is 23.2. The Kier molecular flexibility index (Phi) is 1.94. The fraction of sp³-hybridized carbons (Fsp3) is 0.231. The van der Waals surface area contributed by atoms with E-state index < -0.39 is 11.8 Å². The molecule has 1 saturated heterocycles. The number of ketones is 1. The molecule has 0 atom stereocenters. The third kappa shape index (κ3) is 1.27. The zero-order chi connectivity index (χ0) is 13.0. The minimum Gasteiger partial charge on any atom is -0.323 e. The predicted molar refractivity (Wildman–Crippen MR) is 63.6 cm³/mol. The topological polar surface area (TPSA) is 76.7 Å². The molecular formula is C13H10N2O4. The minimum atomic E-state index is -1.56. The summed E-state index contributed by atoms with van der Waals surface area (Å²) < 4.78 is 10.6. The quantitative estimate of drug-likeness (QED) is 0.683. The Balaban J connectivity index is 1.84. The summed E-state index contributed by atoms with van der Waals surface area (Å²) in [6.45, 7) is 0.619. The number of fused-ring (bicyclic) bond motifs is 2. The van der Waals surface area contributed by atoms with Crippen molar-refractivity contribution in [1.82, 2.24) is 10.6 Å². The first-order valence-corrected chi connectivity index (χ1v) is 5.97. The summed E-state index contributed by atoms with van der Waals surface area (Å²) >= 11 is 0. The van der Waals surface area contributed by atoms with Gasteiger partial charge in [-0.15, -0.1) is 0 Å². The number of ether oxygens (including phenoxy) is 2. The predicted octanol–water partition coefficient (Wildman–Crippen LogP) is -0.0285. The maximum Gasteiger partial charge on any atom is 0.334 e. The van der Waals surface area contributed by atoms with Gasteiger partial charge in [-0.3, -0.25) is 9.59 Å². The maximum absolute atomic E-state index is 12.3. The van der Waals surface area contributed by atoms with Gasteiger partial charge < -0.3 is 20.1 Å². The standard InChI is InChI=1S/C13H10N2O4/c16-11-8-4-2-1-3-7(8)9-10(11)15-13(12(17)14-9)18-5-6-19-13/h1-4,15H,5-6H2,(H,14,17). The van der Waals surface area contributed by atoms with Gasteiger partial charge in [-0.1, -0.05) is 24.3 Å². The molecule has 4 rings (SSSR count). The second-order valence-electron chi connectivity index (χ2n) is 4.52. The highest BCUT2D eigenvalue weighted by Gasteiger charge is 2.52. The van der Waals surface area contributed by atoms with E-state index in [-0.39, 0.29) is 5.78 Å². The number of Topliss-reactive ketones (excluding diaryl/α,β-unsaturated/α-hetero) is 1. The SMILES string of the molecule is O=C1C2=C(NC(=O)C3(N2)OCCO3)c2ccccc21. The second-order valence-corrected chi connectivity index (χ2v) is 4.52. The lowest BCUT2D eigenvalue weighted by Gasteiger charge is -2.32. The number of nitrogens with one attached hydrogen (secondary N) is 2. The van der Waals surface area contributed by atoms with Gasteiger partial charge in [0.1, 0.15) is 5.70 Å². The average molecular weight is 258 g/mol. The lowest BCUT2D eigenvalue weighted by atomic mass is 10.1. The minimum absolute atomic E-state index is 0.163. The maximum atomic E-state index is 12.3. The van der Waals surface area contributed by atoms with Crippen LogP contribution in [0.4, 0.5) is 0 Å². The van der Waals surface area contributed by atoms with Crippen molar-refractivity contribution in [2.75, 3.05) is 13.2 Å². The van der Waals surface area contributed by atoms with Gasteiger partial charge in [0.15, 0.2) is 0 Å². The van der Waals surface area contributed by atoms with Gasteiger partial charge in [0.25, 0.3) is 0 Å². The summed E-state index contributed by atoms with van der Waals surface area (Å²) in [6.07, 6.45) is 0. The van der Waals surface area contributed by atoms with Crippen molar-refractivity contribution in [3.8, 4) is 0 Å². The Labute approximate surface area is 108 Å². The highest BCUT2D eigenvalue weighted by atomic mass is 16.8. The molecule has 2 aliphatic heterocycles. The first-order chi connectivity index (χ1) is 9.21. The Bertz CT molecular complexity index is 644. The van der Waals surface area contributed by atoms with Gasteiger partial charge in [-0.05, 0) is 0 Å². The van der Waals surface area contributed by atoms with Crippen LogP contribution in [0.15, 0.2) is 30.0 Å². The molecule has 1 aromatic carbocycles. The number of rotatable bonds is 0. The van der Waals surface area contributed by atoms with Crippen LogP contribution in [0.5, 0.6) is 0 Å². The van der Waals surface area contributed by atoms with Crippen molar-refractivity contribution in [3.05, 3.63) is 41.1 Å². The smallest absolute Gasteiger partial charge is 0.323 e. The van der Waals surface area contributed by atoms with Gasteiger partial charge in [0.2, 0.25) is 5.78 Å². The molecule has 1 aliphatic carbocycles. The van der Waals surface area contributed by atoms with E-state index in [0.717, 1.165) is 5.56 Å². The first-order valence-electron chi connectivity index (χ1n) is 5.97. The van der Waals surface area contributed by atoms with Crippen molar-refractivity contribution in [2.45, 2.75) is 5.91 Å². The fourth-order valence-corrected chi connectivity index (χ4v) is 2.56. The monoisotopic (exact) mass is 258 g/mol. The molecule has 0 aromatic heterocycles. The number of amides is 1. The van der Waals surface area contributed by atoms with Gasteiger partial charge in [0, 0.05) is 11.1 Å². The van der Waals surface area contributed by atoms with Crippen LogP contribution in [0.2, 0.25) is 0 Å². The van der Waals surface area contributed by atoms with E-state index in [2.05, 4.69) is 10.6 Å². The molecule has 6 nitrogen and oxygen atoms in total. The Morgan fingerprint density at radius 3 is 2.42 bits per heavy atom. The van der Waals surface area contributed by atoms with E-state index in [1.165, 1.54) is 0 Å².